The minimum Gasteiger partial charge on any atom is -0.445 e. The van der Waals surface area contributed by atoms with Crippen molar-refractivity contribution in [2.75, 3.05) is 39.4 Å². The molecule has 1 atom stereocenters. The van der Waals surface area contributed by atoms with Gasteiger partial charge in [-0.05, 0) is 19.4 Å². The van der Waals surface area contributed by atoms with E-state index in [9.17, 15) is 4.79 Å². The summed E-state index contributed by atoms with van der Waals surface area (Å²) < 4.78 is 5.05. The van der Waals surface area contributed by atoms with E-state index in [1.54, 1.807) is 11.0 Å². The first kappa shape index (κ1) is 15.0. The third-order valence-electron chi connectivity index (χ3n) is 3.29. The van der Waals surface area contributed by atoms with E-state index in [-0.39, 0.29) is 19.3 Å². The van der Waals surface area contributed by atoms with Crippen molar-refractivity contribution < 1.29 is 14.6 Å². The molecule has 0 saturated carbocycles. The summed E-state index contributed by atoms with van der Waals surface area (Å²) in [4.78, 5) is 15.9. The molecule has 0 aliphatic carbocycles. The van der Waals surface area contributed by atoms with Gasteiger partial charge in [-0.1, -0.05) is 19.6 Å². The summed E-state index contributed by atoms with van der Waals surface area (Å²) in [5, 5.41) is 8.91. The second-order valence-corrected chi connectivity index (χ2v) is 4.46. The van der Waals surface area contributed by atoms with Crippen molar-refractivity contribution in [3.63, 3.8) is 0 Å². The highest BCUT2D eigenvalue weighted by Gasteiger charge is 2.28. The number of hydrogen-bond donors (Lipinski definition) is 1. The van der Waals surface area contributed by atoms with Gasteiger partial charge in [0.25, 0.3) is 0 Å². The molecule has 1 N–H and O–H groups in total. The number of ether oxygens (including phenoxy) is 1. The van der Waals surface area contributed by atoms with Crippen molar-refractivity contribution in [2.45, 2.75) is 25.8 Å². The molecule has 0 spiro atoms. The topological polar surface area (TPSA) is 53.0 Å². The number of aliphatic hydroxyl groups is 1. The number of nitrogens with zero attached hydrogens (tertiary/aromatic N) is 2. The molecule has 1 heterocycles. The lowest BCUT2D eigenvalue weighted by molar-refractivity contribution is 0.0523. The number of carbonyl (C=O) groups excluding carboxylic acids is 1. The third kappa shape index (κ3) is 4.31. The highest BCUT2D eigenvalue weighted by Crippen LogP contribution is 2.15. The van der Waals surface area contributed by atoms with Gasteiger partial charge in [0, 0.05) is 32.3 Å². The van der Waals surface area contributed by atoms with Gasteiger partial charge in [-0.25, -0.2) is 4.79 Å². The number of carbonyl (C=O) groups is 1. The first-order chi connectivity index (χ1) is 8.72. The lowest BCUT2D eigenvalue weighted by Crippen LogP contribution is -2.54. The normalized spacial score (nSPS) is 20.8. The molecule has 104 valence electrons. The number of piperazine rings is 1. The Labute approximate surface area is 109 Å². The van der Waals surface area contributed by atoms with Crippen LogP contribution in [0.25, 0.3) is 0 Å². The second kappa shape index (κ2) is 8.11. The largest absolute Gasteiger partial charge is 0.445 e. The summed E-state index contributed by atoms with van der Waals surface area (Å²) in [7, 11) is 0. The molecule has 5 nitrogen and oxygen atoms in total. The average Bonchev–Trinajstić information content (AvgIpc) is 2.42. The summed E-state index contributed by atoms with van der Waals surface area (Å²) in [6.07, 6.45) is 3.00. The first-order valence-corrected chi connectivity index (χ1v) is 6.60. The van der Waals surface area contributed by atoms with Crippen molar-refractivity contribution in [1.29, 1.82) is 0 Å². The van der Waals surface area contributed by atoms with Gasteiger partial charge in [-0.2, -0.15) is 0 Å². The molecule has 1 aliphatic rings. The van der Waals surface area contributed by atoms with Crippen LogP contribution in [-0.2, 0) is 4.74 Å². The van der Waals surface area contributed by atoms with E-state index in [2.05, 4.69) is 18.4 Å². The number of aliphatic hydroxyl groups excluding tert-OH is 1. The fourth-order valence-electron chi connectivity index (χ4n) is 2.30. The number of rotatable bonds is 6. The maximum atomic E-state index is 11.8. The Kier molecular flexibility index (Phi) is 6.75. The van der Waals surface area contributed by atoms with Crippen molar-refractivity contribution in [3.8, 4) is 0 Å². The lowest BCUT2D eigenvalue weighted by atomic mass is 10.1. The molecule has 1 unspecified atom stereocenters. The van der Waals surface area contributed by atoms with E-state index < -0.39 is 0 Å². The van der Waals surface area contributed by atoms with E-state index in [1.807, 2.05) is 0 Å². The van der Waals surface area contributed by atoms with Gasteiger partial charge in [0.05, 0.1) is 0 Å². The van der Waals surface area contributed by atoms with Crippen LogP contribution in [0.15, 0.2) is 12.7 Å². The molecule has 18 heavy (non-hydrogen) atoms. The minimum absolute atomic E-state index is 0.203. The molecule has 1 aliphatic heterocycles. The van der Waals surface area contributed by atoms with E-state index in [4.69, 9.17) is 9.84 Å². The Balaban J connectivity index is 2.48. The molecule has 1 saturated heterocycles. The fourth-order valence-corrected chi connectivity index (χ4v) is 2.30. The van der Waals surface area contributed by atoms with E-state index >= 15 is 0 Å². The predicted molar refractivity (Wildman–Crippen MR) is 70.5 cm³/mol. The number of amides is 1. The Morgan fingerprint density at radius 3 is 2.94 bits per heavy atom. The quantitative estimate of drug-likeness (QED) is 0.723. The van der Waals surface area contributed by atoms with E-state index in [0.29, 0.717) is 19.1 Å². The van der Waals surface area contributed by atoms with Gasteiger partial charge >= 0.3 is 6.09 Å². The summed E-state index contributed by atoms with van der Waals surface area (Å²) in [6, 6.07) is 0.326. The van der Waals surface area contributed by atoms with Gasteiger partial charge in [-0.15, -0.1) is 0 Å². The third-order valence-corrected chi connectivity index (χ3v) is 3.29. The molecule has 1 amide bonds. The summed E-state index contributed by atoms with van der Waals surface area (Å²) in [5.41, 5.74) is 0. The zero-order chi connectivity index (χ0) is 13.4. The van der Waals surface area contributed by atoms with E-state index in [0.717, 1.165) is 25.9 Å². The fraction of sp³-hybridized carbons (Fsp3) is 0.769. The number of hydrogen-bond acceptors (Lipinski definition) is 4. The SMILES string of the molecule is C=CCOC(=O)N1CCN(CC)C(CCCO)C1. The zero-order valence-corrected chi connectivity index (χ0v) is 11.2. The highest BCUT2D eigenvalue weighted by molar-refractivity contribution is 5.67. The standard InChI is InChI=1S/C13H24N2O3/c1-3-10-18-13(17)15-8-7-14(4-2)12(11-15)6-5-9-16/h3,12,16H,1,4-11H2,2H3. The van der Waals surface area contributed by atoms with Crippen LogP contribution in [0.2, 0.25) is 0 Å². The first-order valence-electron chi connectivity index (χ1n) is 6.60. The molecule has 0 aromatic heterocycles. The molecular weight excluding hydrogens is 232 g/mol. The molecule has 5 heteroatoms. The van der Waals surface area contributed by atoms with Crippen molar-refractivity contribution in [1.82, 2.24) is 9.80 Å². The van der Waals surface area contributed by atoms with Gasteiger partial charge in [0.1, 0.15) is 6.61 Å². The van der Waals surface area contributed by atoms with Crippen molar-refractivity contribution in [2.24, 2.45) is 0 Å². The van der Waals surface area contributed by atoms with Crippen LogP contribution in [0.3, 0.4) is 0 Å². The molecule has 1 fully saturated rings. The molecular formula is C13H24N2O3. The molecule has 0 bridgehead atoms. The Morgan fingerprint density at radius 2 is 2.33 bits per heavy atom. The van der Waals surface area contributed by atoms with Crippen molar-refractivity contribution in [3.05, 3.63) is 12.7 Å². The summed E-state index contributed by atoms with van der Waals surface area (Å²) >= 11 is 0. The predicted octanol–water partition coefficient (Wildman–Crippen LogP) is 1.09. The van der Waals surface area contributed by atoms with E-state index in [1.165, 1.54) is 0 Å². The highest BCUT2D eigenvalue weighted by atomic mass is 16.6. The van der Waals surface area contributed by atoms with Gasteiger partial charge in [0.2, 0.25) is 0 Å². The maximum Gasteiger partial charge on any atom is 0.410 e. The molecule has 0 aromatic carbocycles. The minimum atomic E-state index is -0.264. The molecule has 0 radical (unpaired) electrons. The van der Waals surface area contributed by atoms with Gasteiger partial charge in [-0.3, -0.25) is 4.90 Å². The zero-order valence-electron chi connectivity index (χ0n) is 11.2. The maximum absolute atomic E-state index is 11.8. The Hall–Kier alpha value is -1.07. The van der Waals surface area contributed by atoms with Crippen LogP contribution in [0.4, 0.5) is 4.79 Å². The monoisotopic (exact) mass is 256 g/mol. The van der Waals surface area contributed by atoms with Gasteiger partial charge in [0.15, 0.2) is 0 Å². The summed E-state index contributed by atoms with van der Waals surface area (Å²) in [5.74, 6) is 0. The van der Waals surface area contributed by atoms with Crippen LogP contribution in [0, 0.1) is 0 Å². The molecule has 0 aromatic rings. The lowest BCUT2D eigenvalue weighted by Gasteiger charge is -2.40. The smallest absolute Gasteiger partial charge is 0.410 e. The van der Waals surface area contributed by atoms with Crippen LogP contribution in [0.5, 0.6) is 0 Å². The van der Waals surface area contributed by atoms with Crippen LogP contribution >= 0.6 is 0 Å². The van der Waals surface area contributed by atoms with Crippen molar-refractivity contribution >= 4 is 6.09 Å². The summed E-state index contributed by atoms with van der Waals surface area (Å²) in [6.45, 7) is 9.35. The Bertz CT molecular complexity index is 271. The second-order valence-electron chi connectivity index (χ2n) is 4.46. The van der Waals surface area contributed by atoms with Crippen LogP contribution in [0.1, 0.15) is 19.8 Å². The molecule has 1 rings (SSSR count). The van der Waals surface area contributed by atoms with Crippen LogP contribution in [-0.4, -0.2) is 66.4 Å². The Morgan fingerprint density at radius 1 is 1.56 bits per heavy atom. The van der Waals surface area contributed by atoms with Crippen LogP contribution < -0.4 is 0 Å². The van der Waals surface area contributed by atoms with Gasteiger partial charge < -0.3 is 14.7 Å². The number of likely N-dealkylation sites (N-methyl/N-ethyl adjacent to an activating group) is 1. The average molecular weight is 256 g/mol.